The molecule has 1 fully saturated rings. The van der Waals surface area contributed by atoms with Crippen LogP contribution >= 0.6 is 0 Å². The van der Waals surface area contributed by atoms with E-state index < -0.39 is 5.60 Å². The molecule has 0 bridgehead atoms. The fraction of sp³-hybridized carbons (Fsp3) is 0.714. The molecule has 1 heterocycles. The standard InChI is InChI=1S/C14H23N3O2/c1-13(2,3)11-8-10(16-17-11)12(18)15-9-14(19)6-4-5-7-14/h8,19H,4-7,9H2,1-3H3,(H,15,18)(H,16,17). The summed E-state index contributed by atoms with van der Waals surface area (Å²) < 4.78 is 0. The third-order valence-corrected chi connectivity index (χ3v) is 3.73. The van der Waals surface area contributed by atoms with Crippen LogP contribution in [0.2, 0.25) is 0 Å². The van der Waals surface area contributed by atoms with Crippen LogP contribution in [0.4, 0.5) is 0 Å². The van der Waals surface area contributed by atoms with Crippen LogP contribution in [0.3, 0.4) is 0 Å². The maximum absolute atomic E-state index is 12.0. The Bertz CT molecular complexity index is 454. The number of aromatic nitrogens is 2. The predicted molar refractivity (Wildman–Crippen MR) is 73.0 cm³/mol. The molecular weight excluding hydrogens is 242 g/mol. The Balaban J connectivity index is 1.95. The molecule has 1 aromatic heterocycles. The van der Waals surface area contributed by atoms with E-state index in [-0.39, 0.29) is 11.3 Å². The number of amides is 1. The lowest BCUT2D eigenvalue weighted by Gasteiger charge is -2.21. The molecule has 3 N–H and O–H groups in total. The van der Waals surface area contributed by atoms with E-state index in [1.807, 2.05) is 0 Å². The SMILES string of the molecule is CC(C)(C)c1cc(C(=O)NCC2(O)CCCC2)n[nH]1. The minimum Gasteiger partial charge on any atom is -0.388 e. The van der Waals surface area contributed by atoms with Crippen molar-refractivity contribution in [2.75, 3.05) is 6.54 Å². The molecule has 19 heavy (non-hydrogen) atoms. The van der Waals surface area contributed by atoms with Gasteiger partial charge in [0.1, 0.15) is 5.69 Å². The number of nitrogens with one attached hydrogen (secondary N) is 2. The molecule has 5 nitrogen and oxygen atoms in total. The molecule has 1 aromatic rings. The van der Waals surface area contributed by atoms with Gasteiger partial charge in [-0.2, -0.15) is 5.10 Å². The maximum Gasteiger partial charge on any atom is 0.271 e. The third kappa shape index (κ3) is 3.35. The first-order chi connectivity index (χ1) is 8.80. The van der Waals surface area contributed by atoms with E-state index in [2.05, 4.69) is 36.3 Å². The van der Waals surface area contributed by atoms with Gasteiger partial charge in [-0.3, -0.25) is 9.89 Å². The zero-order valence-electron chi connectivity index (χ0n) is 11.9. The van der Waals surface area contributed by atoms with Crippen LogP contribution < -0.4 is 5.32 Å². The van der Waals surface area contributed by atoms with Crippen molar-refractivity contribution in [1.82, 2.24) is 15.5 Å². The molecule has 2 rings (SSSR count). The molecule has 1 aliphatic carbocycles. The van der Waals surface area contributed by atoms with E-state index >= 15 is 0 Å². The Kier molecular flexibility index (Phi) is 3.67. The van der Waals surface area contributed by atoms with Gasteiger partial charge in [0.25, 0.3) is 5.91 Å². The Morgan fingerprint density at radius 2 is 2.11 bits per heavy atom. The molecule has 1 amide bonds. The van der Waals surface area contributed by atoms with Gasteiger partial charge in [0.2, 0.25) is 0 Å². The van der Waals surface area contributed by atoms with Crippen LogP contribution in [0, 0.1) is 0 Å². The van der Waals surface area contributed by atoms with E-state index in [0.29, 0.717) is 12.2 Å². The molecule has 1 saturated carbocycles. The average Bonchev–Trinajstić information content (AvgIpc) is 2.94. The largest absolute Gasteiger partial charge is 0.388 e. The predicted octanol–water partition coefficient (Wildman–Crippen LogP) is 1.74. The maximum atomic E-state index is 12.0. The number of hydrogen-bond acceptors (Lipinski definition) is 3. The highest BCUT2D eigenvalue weighted by Crippen LogP contribution is 2.28. The highest BCUT2D eigenvalue weighted by Gasteiger charge is 2.31. The number of hydrogen-bond donors (Lipinski definition) is 3. The minimum absolute atomic E-state index is 0.0603. The zero-order chi connectivity index (χ0) is 14.1. The zero-order valence-corrected chi connectivity index (χ0v) is 11.9. The van der Waals surface area contributed by atoms with E-state index in [9.17, 15) is 9.90 Å². The van der Waals surface area contributed by atoms with Gasteiger partial charge >= 0.3 is 0 Å². The second-order valence-corrected chi connectivity index (χ2v) is 6.53. The van der Waals surface area contributed by atoms with Crippen LogP contribution in [0.25, 0.3) is 0 Å². The summed E-state index contributed by atoms with van der Waals surface area (Å²) in [5, 5.41) is 19.9. The fourth-order valence-corrected chi connectivity index (χ4v) is 2.37. The van der Waals surface area contributed by atoms with Gasteiger partial charge in [-0.15, -0.1) is 0 Å². The molecule has 1 aliphatic rings. The average molecular weight is 265 g/mol. The summed E-state index contributed by atoms with van der Waals surface area (Å²) in [6.07, 6.45) is 3.59. The van der Waals surface area contributed by atoms with E-state index in [0.717, 1.165) is 31.4 Å². The van der Waals surface area contributed by atoms with Gasteiger partial charge in [-0.05, 0) is 18.9 Å². The van der Waals surface area contributed by atoms with Gasteiger partial charge in [0.05, 0.1) is 5.60 Å². The van der Waals surface area contributed by atoms with Gasteiger partial charge in [-0.25, -0.2) is 0 Å². The Hall–Kier alpha value is -1.36. The summed E-state index contributed by atoms with van der Waals surface area (Å²) in [7, 11) is 0. The van der Waals surface area contributed by atoms with E-state index in [1.54, 1.807) is 6.07 Å². The monoisotopic (exact) mass is 265 g/mol. The highest BCUT2D eigenvalue weighted by molar-refractivity contribution is 5.92. The highest BCUT2D eigenvalue weighted by atomic mass is 16.3. The smallest absolute Gasteiger partial charge is 0.271 e. The molecule has 0 aliphatic heterocycles. The van der Waals surface area contributed by atoms with Crippen molar-refractivity contribution in [1.29, 1.82) is 0 Å². The fourth-order valence-electron chi connectivity index (χ4n) is 2.37. The van der Waals surface area contributed by atoms with Gasteiger partial charge < -0.3 is 10.4 Å². The Morgan fingerprint density at radius 1 is 1.47 bits per heavy atom. The van der Waals surface area contributed by atoms with Crippen molar-refractivity contribution in [3.8, 4) is 0 Å². The van der Waals surface area contributed by atoms with Crippen molar-refractivity contribution in [2.24, 2.45) is 0 Å². The Labute approximate surface area is 113 Å². The quantitative estimate of drug-likeness (QED) is 0.779. The molecule has 106 valence electrons. The second kappa shape index (κ2) is 4.96. The summed E-state index contributed by atoms with van der Waals surface area (Å²) in [5.74, 6) is -0.230. The number of aromatic amines is 1. The number of aliphatic hydroxyl groups is 1. The Morgan fingerprint density at radius 3 is 2.63 bits per heavy atom. The van der Waals surface area contributed by atoms with Crippen LogP contribution in [0.1, 0.15) is 62.6 Å². The van der Waals surface area contributed by atoms with Crippen molar-refractivity contribution < 1.29 is 9.90 Å². The van der Waals surface area contributed by atoms with Crippen LogP contribution in [-0.2, 0) is 5.41 Å². The molecule has 0 unspecified atom stereocenters. The number of rotatable bonds is 3. The molecule has 0 aromatic carbocycles. The summed E-state index contributed by atoms with van der Waals surface area (Å²) >= 11 is 0. The van der Waals surface area contributed by atoms with Gasteiger partial charge in [-0.1, -0.05) is 33.6 Å². The first kappa shape index (κ1) is 14.1. The summed E-state index contributed by atoms with van der Waals surface area (Å²) in [6, 6.07) is 1.77. The third-order valence-electron chi connectivity index (χ3n) is 3.73. The number of carbonyl (C=O) groups excluding carboxylic acids is 1. The minimum atomic E-state index is -0.723. The van der Waals surface area contributed by atoms with Crippen LogP contribution in [0.5, 0.6) is 0 Å². The first-order valence-corrected chi connectivity index (χ1v) is 6.87. The van der Waals surface area contributed by atoms with Crippen LogP contribution in [-0.4, -0.2) is 33.4 Å². The lowest BCUT2D eigenvalue weighted by Crippen LogP contribution is -2.40. The topological polar surface area (TPSA) is 78.0 Å². The molecule has 0 saturated heterocycles. The number of carbonyl (C=O) groups is 1. The summed E-state index contributed by atoms with van der Waals surface area (Å²) in [6.45, 7) is 6.49. The van der Waals surface area contributed by atoms with Crippen molar-refractivity contribution in [3.05, 3.63) is 17.5 Å². The summed E-state index contributed by atoms with van der Waals surface area (Å²) in [5.41, 5.74) is 0.525. The van der Waals surface area contributed by atoms with E-state index in [1.165, 1.54) is 0 Å². The normalized spacial score (nSPS) is 18.5. The molecule has 0 atom stereocenters. The van der Waals surface area contributed by atoms with Crippen LogP contribution in [0.15, 0.2) is 6.07 Å². The van der Waals surface area contributed by atoms with E-state index in [4.69, 9.17) is 0 Å². The molecule has 0 spiro atoms. The molecule has 5 heteroatoms. The number of H-pyrrole nitrogens is 1. The lowest BCUT2D eigenvalue weighted by atomic mass is 9.92. The van der Waals surface area contributed by atoms with Gasteiger partial charge in [0.15, 0.2) is 0 Å². The second-order valence-electron chi connectivity index (χ2n) is 6.53. The summed E-state index contributed by atoms with van der Waals surface area (Å²) in [4.78, 5) is 12.0. The lowest BCUT2D eigenvalue weighted by molar-refractivity contribution is 0.0448. The first-order valence-electron chi connectivity index (χ1n) is 6.87. The van der Waals surface area contributed by atoms with Crippen molar-refractivity contribution >= 4 is 5.91 Å². The van der Waals surface area contributed by atoms with Crippen molar-refractivity contribution in [2.45, 2.75) is 57.5 Å². The van der Waals surface area contributed by atoms with Gasteiger partial charge in [0, 0.05) is 17.7 Å². The molecule has 0 radical (unpaired) electrons. The number of nitrogens with zero attached hydrogens (tertiary/aromatic N) is 1. The molecular formula is C14H23N3O2. The van der Waals surface area contributed by atoms with Crippen molar-refractivity contribution in [3.63, 3.8) is 0 Å².